The van der Waals surface area contributed by atoms with Crippen molar-refractivity contribution in [3.05, 3.63) is 30.1 Å². The van der Waals surface area contributed by atoms with Gasteiger partial charge in [-0.25, -0.2) is 0 Å². The second kappa shape index (κ2) is 4.20. The number of rotatable bonds is 2. The molecule has 17 heavy (non-hydrogen) atoms. The van der Waals surface area contributed by atoms with Gasteiger partial charge in [0.15, 0.2) is 5.82 Å². The highest BCUT2D eigenvalue weighted by Gasteiger charge is 2.22. The van der Waals surface area contributed by atoms with Gasteiger partial charge in [0.1, 0.15) is 12.1 Å². The Morgan fingerprint density at radius 3 is 2.53 bits per heavy atom. The van der Waals surface area contributed by atoms with Crippen molar-refractivity contribution in [1.82, 2.24) is 15.2 Å². The average molecular weight is 231 g/mol. The van der Waals surface area contributed by atoms with Crippen LogP contribution in [0.4, 0.5) is 0 Å². The first-order valence-electron chi connectivity index (χ1n) is 5.58. The van der Waals surface area contributed by atoms with Gasteiger partial charge in [0.2, 0.25) is 0 Å². The molecule has 1 N–H and O–H groups in total. The molecule has 4 nitrogen and oxygen atoms in total. The van der Waals surface area contributed by atoms with Crippen LogP contribution in [0, 0.1) is 0 Å². The molecule has 0 spiro atoms. The molecule has 90 valence electrons. The molecule has 0 aliphatic carbocycles. The zero-order chi connectivity index (χ0) is 12.5. The number of hydrogen-bond acceptors (Lipinski definition) is 3. The van der Waals surface area contributed by atoms with Gasteiger partial charge in [0, 0.05) is 5.56 Å². The SMILES string of the molecule is COc1c(-c2nnc[nH]2)cccc1C(C)(C)C. The molecule has 2 aromatic rings. The van der Waals surface area contributed by atoms with Gasteiger partial charge in [0.05, 0.1) is 12.7 Å². The minimum Gasteiger partial charge on any atom is -0.496 e. The highest BCUT2D eigenvalue weighted by Crippen LogP contribution is 2.37. The van der Waals surface area contributed by atoms with Gasteiger partial charge in [0.25, 0.3) is 0 Å². The summed E-state index contributed by atoms with van der Waals surface area (Å²) in [5, 5.41) is 7.84. The van der Waals surface area contributed by atoms with E-state index in [1.165, 1.54) is 0 Å². The van der Waals surface area contributed by atoms with Crippen molar-refractivity contribution in [3.8, 4) is 17.1 Å². The van der Waals surface area contributed by atoms with Gasteiger partial charge in [-0.05, 0) is 11.5 Å². The van der Waals surface area contributed by atoms with Crippen molar-refractivity contribution < 1.29 is 4.74 Å². The Labute approximate surface area is 101 Å². The molecule has 0 radical (unpaired) electrons. The van der Waals surface area contributed by atoms with Crippen molar-refractivity contribution in [3.63, 3.8) is 0 Å². The van der Waals surface area contributed by atoms with E-state index in [2.05, 4.69) is 42.0 Å². The summed E-state index contributed by atoms with van der Waals surface area (Å²) in [6.07, 6.45) is 1.57. The smallest absolute Gasteiger partial charge is 0.164 e. The number of benzene rings is 1. The Balaban J connectivity index is 2.62. The molecule has 0 bridgehead atoms. The lowest BCUT2D eigenvalue weighted by Crippen LogP contribution is -2.13. The van der Waals surface area contributed by atoms with Crippen LogP contribution in [0.2, 0.25) is 0 Å². The van der Waals surface area contributed by atoms with Crippen molar-refractivity contribution in [2.75, 3.05) is 7.11 Å². The van der Waals surface area contributed by atoms with Gasteiger partial charge < -0.3 is 9.72 Å². The highest BCUT2D eigenvalue weighted by molar-refractivity contribution is 5.67. The Morgan fingerprint density at radius 2 is 2.00 bits per heavy atom. The van der Waals surface area contributed by atoms with Crippen molar-refractivity contribution >= 4 is 0 Å². The predicted molar refractivity (Wildman–Crippen MR) is 67.1 cm³/mol. The van der Waals surface area contributed by atoms with E-state index >= 15 is 0 Å². The van der Waals surface area contributed by atoms with Crippen LogP contribution in [0.5, 0.6) is 5.75 Å². The summed E-state index contributed by atoms with van der Waals surface area (Å²) >= 11 is 0. The van der Waals surface area contributed by atoms with Crippen molar-refractivity contribution in [2.45, 2.75) is 26.2 Å². The third kappa shape index (κ3) is 2.16. The molecule has 0 saturated carbocycles. The summed E-state index contributed by atoms with van der Waals surface area (Å²) in [6, 6.07) is 6.08. The van der Waals surface area contributed by atoms with Crippen molar-refractivity contribution in [1.29, 1.82) is 0 Å². The molecule has 0 unspecified atom stereocenters. The average Bonchev–Trinajstić information content (AvgIpc) is 2.80. The monoisotopic (exact) mass is 231 g/mol. The van der Waals surface area contributed by atoms with Gasteiger partial charge in [-0.2, -0.15) is 0 Å². The number of aromatic amines is 1. The number of ether oxygens (including phenoxy) is 1. The van der Waals surface area contributed by atoms with E-state index in [0.717, 1.165) is 22.7 Å². The maximum atomic E-state index is 5.54. The highest BCUT2D eigenvalue weighted by atomic mass is 16.5. The van der Waals surface area contributed by atoms with Crippen LogP contribution in [-0.2, 0) is 5.41 Å². The van der Waals surface area contributed by atoms with Gasteiger partial charge in [-0.3, -0.25) is 0 Å². The van der Waals surface area contributed by atoms with Crippen LogP contribution in [0.15, 0.2) is 24.5 Å². The molecular formula is C13H17N3O. The first-order chi connectivity index (χ1) is 8.04. The molecule has 0 aliphatic rings. The Morgan fingerprint density at radius 1 is 1.24 bits per heavy atom. The first kappa shape index (κ1) is 11.6. The molecule has 0 amide bonds. The summed E-state index contributed by atoms with van der Waals surface area (Å²) in [6.45, 7) is 6.49. The molecule has 1 aromatic carbocycles. The maximum Gasteiger partial charge on any atom is 0.164 e. The normalized spacial score (nSPS) is 11.5. The van der Waals surface area contributed by atoms with Crippen LogP contribution < -0.4 is 4.74 Å². The van der Waals surface area contributed by atoms with Crippen LogP contribution >= 0.6 is 0 Å². The second-order valence-corrected chi connectivity index (χ2v) is 4.97. The number of hydrogen-bond donors (Lipinski definition) is 1. The topological polar surface area (TPSA) is 50.8 Å². The van der Waals surface area contributed by atoms with Crippen LogP contribution in [-0.4, -0.2) is 22.3 Å². The van der Waals surface area contributed by atoms with E-state index in [-0.39, 0.29) is 5.41 Å². The summed E-state index contributed by atoms with van der Waals surface area (Å²) < 4.78 is 5.54. The molecule has 0 saturated heterocycles. The molecule has 1 heterocycles. The lowest BCUT2D eigenvalue weighted by Gasteiger charge is -2.23. The largest absolute Gasteiger partial charge is 0.496 e. The minimum atomic E-state index is 0.0291. The number of H-pyrrole nitrogens is 1. The molecule has 0 atom stereocenters. The molecule has 0 aliphatic heterocycles. The van der Waals surface area contributed by atoms with Crippen LogP contribution in [0.25, 0.3) is 11.4 Å². The molecule has 0 fully saturated rings. The fourth-order valence-corrected chi connectivity index (χ4v) is 1.87. The van der Waals surface area contributed by atoms with Crippen molar-refractivity contribution in [2.24, 2.45) is 0 Å². The lowest BCUT2D eigenvalue weighted by molar-refractivity contribution is 0.399. The zero-order valence-electron chi connectivity index (χ0n) is 10.6. The Kier molecular flexibility index (Phi) is 2.88. The van der Waals surface area contributed by atoms with Gasteiger partial charge in [-0.1, -0.05) is 32.9 Å². The predicted octanol–water partition coefficient (Wildman–Crippen LogP) is 2.78. The van der Waals surface area contributed by atoms with E-state index in [9.17, 15) is 0 Å². The number of aromatic nitrogens is 3. The fourth-order valence-electron chi connectivity index (χ4n) is 1.87. The number of para-hydroxylation sites is 1. The first-order valence-corrected chi connectivity index (χ1v) is 5.58. The van der Waals surface area contributed by atoms with E-state index in [0.29, 0.717) is 0 Å². The van der Waals surface area contributed by atoms with E-state index < -0.39 is 0 Å². The Bertz CT molecular complexity index is 498. The zero-order valence-corrected chi connectivity index (χ0v) is 10.6. The van der Waals surface area contributed by atoms with Crippen LogP contribution in [0.1, 0.15) is 26.3 Å². The number of nitrogens with one attached hydrogen (secondary N) is 1. The standard InChI is InChI=1S/C13H17N3O/c1-13(2,3)10-7-5-6-9(11(10)17-4)12-14-8-15-16-12/h5-8H,1-4H3,(H,14,15,16). The summed E-state index contributed by atoms with van der Waals surface area (Å²) in [7, 11) is 1.68. The molecule has 4 heteroatoms. The third-order valence-corrected chi connectivity index (χ3v) is 2.70. The lowest BCUT2D eigenvalue weighted by atomic mass is 9.85. The summed E-state index contributed by atoms with van der Waals surface area (Å²) in [4.78, 5) is 3.00. The minimum absolute atomic E-state index is 0.0291. The molecule has 1 aromatic heterocycles. The molecular weight excluding hydrogens is 214 g/mol. The Hall–Kier alpha value is -1.84. The van der Waals surface area contributed by atoms with E-state index in [4.69, 9.17) is 4.74 Å². The second-order valence-electron chi connectivity index (χ2n) is 4.97. The quantitative estimate of drug-likeness (QED) is 0.864. The third-order valence-electron chi connectivity index (χ3n) is 2.70. The van der Waals surface area contributed by atoms with E-state index in [1.54, 1.807) is 13.4 Å². The van der Waals surface area contributed by atoms with Gasteiger partial charge >= 0.3 is 0 Å². The fraction of sp³-hybridized carbons (Fsp3) is 0.385. The number of methoxy groups -OCH3 is 1. The van der Waals surface area contributed by atoms with Crippen LogP contribution in [0.3, 0.4) is 0 Å². The molecule has 2 rings (SSSR count). The maximum absolute atomic E-state index is 5.54. The summed E-state index contributed by atoms with van der Waals surface area (Å²) in [5.74, 6) is 1.59. The van der Waals surface area contributed by atoms with Gasteiger partial charge in [-0.15, -0.1) is 10.2 Å². The summed E-state index contributed by atoms with van der Waals surface area (Å²) in [5.41, 5.74) is 2.13. The number of nitrogens with zero attached hydrogens (tertiary/aromatic N) is 2. The van der Waals surface area contributed by atoms with E-state index in [1.807, 2.05) is 12.1 Å².